The second-order valence-electron chi connectivity index (χ2n) is 4.43. The maximum Gasteiger partial charge on any atom is 0.287 e. The molecule has 0 radical (unpaired) electrons. The average molecular weight is 252 g/mol. The normalized spacial score (nSPS) is 16.4. The molecular weight excluding hydrogens is 236 g/mol. The quantitative estimate of drug-likeness (QED) is 0.541. The predicted octanol–water partition coefficient (Wildman–Crippen LogP) is 0.652. The molecule has 1 aromatic heterocycles. The number of aromatic nitrogens is 1. The molecule has 1 saturated heterocycles. The van der Waals surface area contributed by atoms with Crippen molar-refractivity contribution in [3.05, 3.63) is 28.1 Å². The Bertz CT molecular complexity index is 437. The van der Waals surface area contributed by atoms with Crippen LogP contribution >= 0.6 is 0 Å². The van der Waals surface area contributed by atoms with Gasteiger partial charge in [-0.1, -0.05) is 0 Å². The summed E-state index contributed by atoms with van der Waals surface area (Å²) in [5.41, 5.74) is 0.137. The van der Waals surface area contributed by atoms with Gasteiger partial charge in [0.25, 0.3) is 11.6 Å². The van der Waals surface area contributed by atoms with Crippen molar-refractivity contribution in [1.82, 2.24) is 15.6 Å². The summed E-state index contributed by atoms with van der Waals surface area (Å²) in [5.74, 6) is 0.196. The molecule has 2 heterocycles. The van der Waals surface area contributed by atoms with Gasteiger partial charge in [0.15, 0.2) is 0 Å². The van der Waals surface area contributed by atoms with E-state index in [2.05, 4.69) is 15.6 Å². The molecule has 2 rings (SSSR count). The Morgan fingerprint density at radius 3 is 2.83 bits per heavy atom. The molecule has 0 aliphatic carbocycles. The van der Waals surface area contributed by atoms with E-state index in [4.69, 9.17) is 0 Å². The van der Waals surface area contributed by atoms with Crippen LogP contribution in [0.4, 0.5) is 5.69 Å². The molecule has 18 heavy (non-hydrogen) atoms. The van der Waals surface area contributed by atoms with Crippen molar-refractivity contribution in [2.45, 2.75) is 12.8 Å². The molecule has 1 aliphatic rings. The summed E-state index contributed by atoms with van der Waals surface area (Å²) in [6, 6.07) is 1.25. The summed E-state index contributed by atoms with van der Waals surface area (Å²) in [5, 5.41) is 16.5. The lowest BCUT2D eigenvalue weighted by Gasteiger charge is -2.22. The summed E-state index contributed by atoms with van der Waals surface area (Å²) in [7, 11) is 0. The minimum Gasteiger partial charge on any atom is -0.351 e. The third-order valence-corrected chi connectivity index (χ3v) is 3.13. The first-order valence-corrected chi connectivity index (χ1v) is 5.98. The molecule has 0 saturated carbocycles. The van der Waals surface area contributed by atoms with Crippen LogP contribution in [0.2, 0.25) is 0 Å². The fourth-order valence-electron chi connectivity index (χ4n) is 2.04. The lowest BCUT2D eigenvalue weighted by Crippen LogP contribution is -2.36. The van der Waals surface area contributed by atoms with Gasteiger partial charge in [-0.2, -0.15) is 0 Å². The number of H-pyrrole nitrogens is 1. The highest BCUT2D eigenvalue weighted by molar-refractivity contribution is 5.93. The molecular formula is C11H16N4O3. The molecule has 1 aliphatic heterocycles. The second-order valence-corrected chi connectivity index (χ2v) is 4.43. The smallest absolute Gasteiger partial charge is 0.287 e. The number of carbonyl (C=O) groups is 1. The van der Waals surface area contributed by atoms with Gasteiger partial charge < -0.3 is 15.6 Å². The van der Waals surface area contributed by atoms with Crippen LogP contribution in [0, 0.1) is 16.0 Å². The summed E-state index contributed by atoms with van der Waals surface area (Å²) < 4.78 is 0. The van der Waals surface area contributed by atoms with Crippen molar-refractivity contribution < 1.29 is 9.72 Å². The van der Waals surface area contributed by atoms with E-state index in [0.29, 0.717) is 12.5 Å². The molecule has 7 heteroatoms. The van der Waals surface area contributed by atoms with Gasteiger partial charge in [0.05, 0.1) is 11.1 Å². The van der Waals surface area contributed by atoms with Crippen LogP contribution in [0.5, 0.6) is 0 Å². The molecule has 0 bridgehead atoms. The van der Waals surface area contributed by atoms with E-state index in [9.17, 15) is 14.9 Å². The van der Waals surface area contributed by atoms with Crippen LogP contribution < -0.4 is 10.6 Å². The monoisotopic (exact) mass is 252 g/mol. The first-order chi connectivity index (χ1) is 8.66. The molecule has 1 fully saturated rings. The third-order valence-electron chi connectivity index (χ3n) is 3.13. The Kier molecular flexibility index (Phi) is 3.93. The number of nitrogens with zero attached hydrogens (tertiary/aromatic N) is 1. The standard InChI is InChI=1S/C11H16N4O3/c16-11(10-5-9(7-13-10)15(17)18)14-6-8-1-3-12-4-2-8/h5,7-8,12-13H,1-4,6H2,(H,14,16). The van der Waals surface area contributed by atoms with Gasteiger partial charge in [0, 0.05) is 12.6 Å². The predicted molar refractivity (Wildman–Crippen MR) is 65.4 cm³/mol. The number of rotatable bonds is 4. The maximum absolute atomic E-state index is 11.7. The largest absolute Gasteiger partial charge is 0.351 e. The first kappa shape index (κ1) is 12.6. The average Bonchev–Trinajstić information content (AvgIpc) is 2.87. The number of carbonyl (C=O) groups excluding carboxylic acids is 1. The van der Waals surface area contributed by atoms with Crippen LogP contribution in [0.1, 0.15) is 23.3 Å². The van der Waals surface area contributed by atoms with E-state index < -0.39 is 4.92 Å². The Morgan fingerprint density at radius 1 is 1.50 bits per heavy atom. The molecule has 7 nitrogen and oxygen atoms in total. The van der Waals surface area contributed by atoms with Crippen LogP contribution in [-0.2, 0) is 0 Å². The highest BCUT2D eigenvalue weighted by atomic mass is 16.6. The van der Waals surface area contributed by atoms with E-state index in [0.717, 1.165) is 25.9 Å². The minimum atomic E-state index is -0.528. The lowest BCUT2D eigenvalue weighted by atomic mass is 9.98. The summed E-state index contributed by atoms with van der Waals surface area (Å²) in [6.07, 6.45) is 3.32. The Labute approximate surface area is 104 Å². The summed E-state index contributed by atoms with van der Waals surface area (Å²) in [4.78, 5) is 24.3. The van der Waals surface area contributed by atoms with E-state index in [1.807, 2.05) is 0 Å². The Morgan fingerprint density at radius 2 is 2.22 bits per heavy atom. The molecule has 0 atom stereocenters. The Hall–Kier alpha value is -1.89. The van der Waals surface area contributed by atoms with Gasteiger partial charge in [-0.05, 0) is 31.8 Å². The van der Waals surface area contributed by atoms with E-state index in [1.54, 1.807) is 0 Å². The van der Waals surface area contributed by atoms with E-state index in [-0.39, 0.29) is 17.3 Å². The van der Waals surface area contributed by atoms with Crippen molar-refractivity contribution in [3.63, 3.8) is 0 Å². The highest BCUT2D eigenvalue weighted by Crippen LogP contribution is 2.13. The van der Waals surface area contributed by atoms with Gasteiger partial charge >= 0.3 is 0 Å². The number of piperidine rings is 1. The zero-order valence-electron chi connectivity index (χ0n) is 9.94. The highest BCUT2D eigenvalue weighted by Gasteiger charge is 2.17. The first-order valence-electron chi connectivity index (χ1n) is 5.98. The minimum absolute atomic E-state index is 0.0954. The number of hydrogen-bond donors (Lipinski definition) is 3. The van der Waals surface area contributed by atoms with E-state index >= 15 is 0 Å². The number of nitro groups is 1. The van der Waals surface area contributed by atoms with E-state index in [1.165, 1.54) is 12.3 Å². The van der Waals surface area contributed by atoms with Gasteiger partial charge in [-0.3, -0.25) is 14.9 Å². The summed E-state index contributed by atoms with van der Waals surface area (Å²) in [6.45, 7) is 2.58. The number of nitrogens with one attached hydrogen (secondary N) is 3. The maximum atomic E-state index is 11.7. The summed E-state index contributed by atoms with van der Waals surface area (Å²) >= 11 is 0. The fourth-order valence-corrected chi connectivity index (χ4v) is 2.04. The molecule has 98 valence electrons. The molecule has 0 spiro atoms. The zero-order valence-corrected chi connectivity index (χ0v) is 9.94. The van der Waals surface area contributed by atoms with Gasteiger partial charge in [-0.15, -0.1) is 0 Å². The second kappa shape index (κ2) is 5.63. The SMILES string of the molecule is O=C(NCC1CCNCC1)c1cc([N+](=O)[O-])c[nH]1. The van der Waals surface area contributed by atoms with Crippen LogP contribution in [0.3, 0.4) is 0 Å². The van der Waals surface area contributed by atoms with Crippen molar-refractivity contribution in [2.75, 3.05) is 19.6 Å². The van der Waals surface area contributed by atoms with Crippen LogP contribution in [0.25, 0.3) is 0 Å². The number of aromatic amines is 1. The molecule has 0 unspecified atom stereocenters. The lowest BCUT2D eigenvalue weighted by molar-refractivity contribution is -0.384. The number of amides is 1. The third kappa shape index (κ3) is 3.07. The van der Waals surface area contributed by atoms with Crippen molar-refractivity contribution in [3.8, 4) is 0 Å². The molecule has 3 N–H and O–H groups in total. The Balaban J connectivity index is 1.84. The van der Waals surface area contributed by atoms with Crippen molar-refractivity contribution in [1.29, 1.82) is 0 Å². The van der Waals surface area contributed by atoms with Crippen LogP contribution in [-0.4, -0.2) is 35.4 Å². The van der Waals surface area contributed by atoms with Crippen LogP contribution in [0.15, 0.2) is 12.3 Å². The number of hydrogen-bond acceptors (Lipinski definition) is 4. The topological polar surface area (TPSA) is 100 Å². The zero-order chi connectivity index (χ0) is 13.0. The van der Waals surface area contributed by atoms with Gasteiger partial charge in [0.2, 0.25) is 0 Å². The molecule has 1 amide bonds. The van der Waals surface area contributed by atoms with Gasteiger partial charge in [0.1, 0.15) is 5.69 Å². The fraction of sp³-hybridized carbons (Fsp3) is 0.545. The van der Waals surface area contributed by atoms with Crippen molar-refractivity contribution >= 4 is 11.6 Å². The molecule has 1 aromatic rings. The van der Waals surface area contributed by atoms with Gasteiger partial charge in [-0.25, -0.2) is 0 Å². The van der Waals surface area contributed by atoms with Crippen molar-refractivity contribution in [2.24, 2.45) is 5.92 Å². The molecule has 0 aromatic carbocycles.